The summed E-state index contributed by atoms with van der Waals surface area (Å²) in [7, 11) is 0. The Morgan fingerprint density at radius 2 is 1.74 bits per heavy atom. The van der Waals surface area contributed by atoms with Crippen molar-refractivity contribution < 1.29 is 19.1 Å². The second-order valence-corrected chi connectivity index (χ2v) is 11.9. The first kappa shape index (κ1) is 27.4. The second-order valence-electron chi connectivity index (χ2n) is 11.1. The standard InChI is InChI=1S/C32H30Cl2N4O4/c33-23-4-5-26(27(34)16-23)20-1-2-21-13-25(42-30(21)15-20)17-36-8-10-37(11-9-36)19-31-35-28-6-3-22(32(39)40)14-29(28)38(31)18-24-7-12-41-24/h1-6,13-16,24H,7-12,17-19H2,(H,39,40). The lowest BCUT2D eigenvalue weighted by molar-refractivity contribution is -0.0592. The number of fused-ring (bicyclic) bond motifs is 2. The molecular weight excluding hydrogens is 575 g/mol. The number of carboxylic acids is 1. The molecular formula is C32H30Cl2N4O4. The molecule has 216 valence electrons. The fourth-order valence-corrected chi connectivity index (χ4v) is 6.36. The van der Waals surface area contributed by atoms with Crippen molar-refractivity contribution in [3.8, 4) is 11.1 Å². The second kappa shape index (κ2) is 11.4. The summed E-state index contributed by atoms with van der Waals surface area (Å²) < 4.78 is 14.1. The molecule has 5 aromatic rings. The molecule has 8 nitrogen and oxygen atoms in total. The maximum atomic E-state index is 11.6. The first-order valence-electron chi connectivity index (χ1n) is 14.2. The number of hydrogen-bond acceptors (Lipinski definition) is 6. The van der Waals surface area contributed by atoms with Gasteiger partial charge in [-0.2, -0.15) is 0 Å². The maximum absolute atomic E-state index is 11.6. The Kier molecular flexibility index (Phi) is 7.42. The highest BCUT2D eigenvalue weighted by molar-refractivity contribution is 6.36. The average molecular weight is 606 g/mol. The highest BCUT2D eigenvalue weighted by atomic mass is 35.5. The number of aromatic carboxylic acids is 1. The number of halogens is 2. The number of piperazine rings is 1. The van der Waals surface area contributed by atoms with Crippen LogP contribution in [0.2, 0.25) is 10.0 Å². The van der Waals surface area contributed by atoms with Crippen molar-refractivity contribution in [3.63, 3.8) is 0 Å². The molecule has 10 heteroatoms. The molecule has 0 spiro atoms. The molecule has 2 aliphatic heterocycles. The summed E-state index contributed by atoms with van der Waals surface area (Å²) in [6.07, 6.45) is 1.16. The topological polar surface area (TPSA) is 84.0 Å². The van der Waals surface area contributed by atoms with Gasteiger partial charge in [0.2, 0.25) is 0 Å². The normalized spacial score (nSPS) is 18.1. The van der Waals surface area contributed by atoms with Crippen LogP contribution < -0.4 is 0 Å². The summed E-state index contributed by atoms with van der Waals surface area (Å²) in [5, 5.41) is 11.8. The molecule has 3 aromatic carbocycles. The van der Waals surface area contributed by atoms with Crippen LogP contribution in [0, 0.1) is 0 Å². The monoisotopic (exact) mass is 604 g/mol. The van der Waals surface area contributed by atoms with E-state index in [9.17, 15) is 9.90 Å². The van der Waals surface area contributed by atoms with Crippen molar-refractivity contribution in [2.45, 2.75) is 32.2 Å². The Bertz CT molecular complexity index is 1790. The highest BCUT2D eigenvalue weighted by Gasteiger charge is 2.25. The van der Waals surface area contributed by atoms with E-state index in [1.807, 2.05) is 18.2 Å². The SMILES string of the molecule is O=C(O)c1ccc2nc(CN3CCN(Cc4cc5ccc(-c6ccc(Cl)cc6Cl)cc5o4)CC3)n(CC3CCO3)c2c1. The quantitative estimate of drug-likeness (QED) is 0.215. The van der Waals surface area contributed by atoms with E-state index in [0.29, 0.717) is 23.1 Å². The van der Waals surface area contributed by atoms with Gasteiger partial charge < -0.3 is 18.8 Å². The average Bonchev–Trinajstić information content (AvgIpc) is 3.50. The third kappa shape index (κ3) is 5.53. The van der Waals surface area contributed by atoms with E-state index in [4.69, 9.17) is 37.3 Å². The van der Waals surface area contributed by atoms with Gasteiger partial charge >= 0.3 is 5.97 Å². The Morgan fingerprint density at radius 1 is 0.952 bits per heavy atom. The summed E-state index contributed by atoms with van der Waals surface area (Å²) in [6, 6.07) is 19.0. The van der Waals surface area contributed by atoms with Crippen molar-refractivity contribution in [2.24, 2.45) is 0 Å². The van der Waals surface area contributed by atoms with E-state index in [1.165, 1.54) is 0 Å². The van der Waals surface area contributed by atoms with Crippen molar-refractivity contribution in [1.82, 2.24) is 19.4 Å². The van der Waals surface area contributed by atoms with Crippen LogP contribution in [0.3, 0.4) is 0 Å². The molecule has 2 aliphatic rings. The van der Waals surface area contributed by atoms with Crippen LogP contribution in [-0.4, -0.2) is 69.3 Å². The third-order valence-electron chi connectivity index (χ3n) is 8.28. The molecule has 2 fully saturated rings. The fourth-order valence-electron chi connectivity index (χ4n) is 5.84. The van der Waals surface area contributed by atoms with Crippen molar-refractivity contribution >= 4 is 51.2 Å². The van der Waals surface area contributed by atoms with E-state index in [0.717, 1.165) is 90.5 Å². The predicted octanol–water partition coefficient (Wildman–Crippen LogP) is 6.56. The molecule has 7 rings (SSSR count). The van der Waals surface area contributed by atoms with Gasteiger partial charge in [-0.1, -0.05) is 41.4 Å². The number of benzene rings is 3. The molecule has 0 bridgehead atoms. The lowest BCUT2D eigenvalue weighted by atomic mass is 10.0. The molecule has 0 aliphatic carbocycles. The van der Waals surface area contributed by atoms with Gasteiger partial charge in [-0.05, 0) is 54.4 Å². The van der Waals surface area contributed by atoms with Crippen LogP contribution in [0.25, 0.3) is 33.1 Å². The summed E-state index contributed by atoms with van der Waals surface area (Å²) in [5.74, 6) is 0.956. The van der Waals surface area contributed by atoms with Gasteiger partial charge in [-0.25, -0.2) is 9.78 Å². The number of carbonyl (C=O) groups is 1. The van der Waals surface area contributed by atoms with Gasteiger partial charge in [0.1, 0.15) is 17.2 Å². The van der Waals surface area contributed by atoms with Gasteiger partial charge in [0.05, 0.1) is 42.3 Å². The summed E-state index contributed by atoms with van der Waals surface area (Å²) >= 11 is 12.5. The first-order chi connectivity index (χ1) is 20.4. The van der Waals surface area contributed by atoms with Gasteiger partial charge in [0, 0.05) is 53.8 Å². The number of imidazole rings is 1. The first-order valence-corrected chi connectivity index (χ1v) is 14.9. The van der Waals surface area contributed by atoms with Crippen LogP contribution in [0.1, 0.15) is 28.4 Å². The number of ether oxygens (including phenoxy) is 1. The predicted molar refractivity (Wildman–Crippen MR) is 163 cm³/mol. The maximum Gasteiger partial charge on any atom is 0.335 e. The largest absolute Gasteiger partial charge is 0.478 e. The molecule has 1 atom stereocenters. The van der Waals surface area contributed by atoms with Crippen LogP contribution >= 0.6 is 23.2 Å². The van der Waals surface area contributed by atoms with E-state index in [2.05, 4.69) is 32.6 Å². The van der Waals surface area contributed by atoms with Gasteiger partial charge in [-0.15, -0.1) is 0 Å². The van der Waals surface area contributed by atoms with Gasteiger partial charge in [0.25, 0.3) is 0 Å². The molecule has 2 saturated heterocycles. The molecule has 42 heavy (non-hydrogen) atoms. The minimum atomic E-state index is -0.932. The molecule has 1 N–H and O–H groups in total. The van der Waals surface area contributed by atoms with Crippen molar-refractivity contribution in [3.05, 3.63) is 87.9 Å². The Labute approximate surface area is 253 Å². The zero-order valence-corrected chi connectivity index (χ0v) is 24.4. The number of carboxylic acid groups (broad SMARTS) is 1. The van der Waals surface area contributed by atoms with Crippen LogP contribution in [0.15, 0.2) is 65.1 Å². The Morgan fingerprint density at radius 3 is 2.45 bits per heavy atom. The number of furan rings is 1. The van der Waals surface area contributed by atoms with Crippen molar-refractivity contribution in [2.75, 3.05) is 32.8 Å². The van der Waals surface area contributed by atoms with Crippen LogP contribution in [-0.2, 0) is 24.4 Å². The summed E-state index contributed by atoms with van der Waals surface area (Å²) in [5.41, 5.74) is 4.70. The molecule has 4 heterocycles. The minimum absolute atomic E-state index is 0.148. The Hall–Kier alpha value is -3.40. The molecule has 0 amide bonds. The summed E-state index contributed by atoms with van der Waals surface area (Å²) in [4.78, 5) is 21.3. The van der Waals surface area contributed by atoms with Crippen molar-refractivity contribution in [1.29, 1.82) is 0 Å². The summed E-state index contributed by atoms with van der Waals surface area (Å²) in [6.45, 7) is 6.56. The zero-order chi connectivity index (χ0) is 28.8. The Balaban J connectivity index is 1.02. The van der Waals surface area contributed by atoms with Crippen LogP contribution in [0.4, 0.5) is 0 Å². The van der Waals surface area contributed by atoms with E-state index in [1.54, 1.807) is 24.3 Å². The molecule has 2 aromatic heterocycles. The highest BCUT2D eigenvalue weighted by Crippen LogP contribution is 2.33. The molecule has 1 unspecified atom stereocenters. The fraction of sp³-hybridized carbons (Fsp3) is 0.312. The van der Waals surface area contributed by atoms with E-state index in [-0.39, 0.29) is 11.7 Å². The van der Waals surface area contributed by atoms with E-state index < -0.39 is 5.97 Å². The lowest BCUT2D eigenvalue weighted by Crippen LogP contribution is -2.45. The minimum Gasteiger partial charge on any atom is -0.478 e. The van der Waals surface area contributed by atoms with Crippen LogP contribution in [0.5, 0.6) is 0 Å². The number of aromatic nitrogens is 2. The number of rotatable bonds is 8. The smallest absolute Gasteiger partial charge is 0.335 e. The molecule has 0 radical (unpaired) electrons. The van der Waals surface area contributed by atoms with Gasteiger partial charge in [-0.3, -0.25) is 9.80 Å². The molecule has 0 saturated carbocycles. The number of nitrogens with zero attached hydrogens (tertiary/aromatic N) is 4. The number of hydrogen-bond donors (Lipinski definition) is 1. The third-order valence-corrected chi connectivity index (χ3v) is 8.82. The van der Waals surface area contributed by atoms with Gasteiger partial charge in [0.15, 0.2) is 0 Å². The van der Waals surface area contributed by atoms with E-state index >= 15 is 0 Å². The lowest BCUT2D eigenvalue weighted by Gasteiger charge is -2.34. The zero-order valence-electron chi connectivity index (χ0n) is 22.9.